The molecule has 96 valence electrons. The summed E-state index contributed by atoms with van der Waals surface area (Å²) in [6.07, 6.45) is 0.222. The number of para-hydroxylation sites is 1. The summed E-state index contributed by atoms with van der Waals surface area (Å²) in [4.78, 5) is 23.7. The van der Waals surface area contributed by atoms with Crippen LogP contribution < -0.4 is 4.90 Å². The van der Waals surface area contributed by atoms with E-state index in [0.29, 0.717) is 11.0 Å². The van der Waals surface area contributed by atoms with Crippen molar-refractivity contribution in [2.45, 2.75) is 6.42 Å². The number of nitro benzene ring substituents is 1. The Bertz CT molecular complexity index is 506. The summed E-state index contributed by atoms with van der Waals surface area (Å²) < 4.78 is 0.338. The fourth-order valence-corrected chi connectivity index (χ4v) is 2.54. The average Bonchev–Trinajstić information content (AvgIpc) is 2.69. The Balaban J connectivity index is 2.43. The number of aliphatic hydroxyl groups excluding tert-OH is 1. The zero-order chi connectivity index (χ0) is 13.3. The molecule has 0 aromatic heterocycles. The van der Waals surface area contributed by atoms with Crippen molar-refractivity contribution in [1.82, 2.24) is 0 Å². The van der Waals surface area contributed by atoms with E-state index < -0.39 is 4.92 Å². The summed E-state index contributed by atoms with van der Waals surface area (Å²) in [6, 6.07) is 4.75. The SMILES string of the molecule is O=C1CC(CO)CN1c1cccc(Br)c1[N+](=O)[O-]. The normalized spacial score (nSPS) is 19.3. The summed E-state index contributed by atoms with van der Waals surface area (Å²) in [5.74, 6) is -0.355. The van der Waals surface area contributed by atoms with Gasteiger partial charge < -0.3 is 10.0 Å². The lowest BCUT2D eigenvalue weighted by Gasteiger charge is -2.16. The number of anilines is 1. The second-order valence-corrected chi connectivity index (χ2v) is 4.98. The summed E-state index contributed by atoms with van der Waals surface area (Å²) in [5, 5.41) is 20.1. The lowest BCUT2D eigenvalue weighted by molar-refractivity contribution is -0.384. The van der Waals surface area contributed by atoms with Crippen molar-refractivity contribution >= 4 is 33.2 Å². The van der Waals surface area contributed by atoms with Crippen LogP contribution in [-0.4, -0.2) is 29.1 Å². The van der Waals surface area contributed by atoms with Gasteiger partial charge in [-0.15, -0.1) is 0 Å². The second-order valence-electron chi connectivity index (χ2n) is 4.12. The second kappa shape index (κ2) is 5.03. The van der Waals surface area contributed by atoms with Crippen LogP contribution in [0, 0.1) is 16.0 Å². The van der Waals surface area contributed by atoms with E-state index in [2.05, 4.69) is 15.9 Å². The van der Waals surface area contributed by atoms with Gasteiger partial charge in [-0.3, -0.25) is 14.9 Å². The van der Waals surface area contributed by atoms with Crippen LogP contribution in [0.25, 0.3) is 0 Å². The molecule has 1 unspecified atom stereocenters. The van der Waals surface area contributed by atoms with Gasteiger partial charge in [0.25, 0.3) is 0 Å². The highest BCUT2D eigenvalue weighted by Crippen LogP contribution is 2.37. The van der Waals surface area contributed by atoms with Gasteiger partial charge in [0.05, 0.1) is 9.40 Å². The summed E-state index contributed by atoms with van der Waals surface area (Å²) >= 11 is 3.12. The van der Waals surface area contributed by atoms with Crippen molar-refractivity contribution < 1.29 is 14.8 Å². The van der Waals surface area contributed by atoms with Crippen molar-refractivity contribution in [3.8, 4) is 0 Å². The number of hydrogen-bond acceptors (Lipinski definition) is 4. The topological polar surface area (TPSA) is 83.7 Å². The van der Waals surface area contributed by atoms with E-state index in [1.54, 1.807) is 18.2 Å². The van der Waals surface area contributed by atoms with Crippen LogP contribution in [0.1, 0.15) is 6.42 Å². The van der Waals surface area contributed by atoms with Crippen LogP contribution in [0.3, 0.4) is 0 Å². The molecule has 18 heavy (non-hydrogen) atoms. The van der Waals surface area contributed by atoms with E-state index in [4.69, 9.17) is 5.11 Å². The highest BCUT2D eigenvalue weighted by molar-refractivity contribution is 9.10. The molecule has 1 amide bonds. The minimum atomic E-state index is -0.515. The molecule has 0 aliphatic carbocycles. The predicted octanol–water partition coefficient (Wildman–Crippen LogP) is 1.70. The van der Waals surface area contributed by atoms with Gasteiger partial charge in [0.2, 0.25) is 5.91 Å². The quantitative estimate of drug-likeness (QED) is 0.680. The molecule has 1 aromatic rings. The third-order valence-corrected chi connectivity index (χ3v) is 3.54. The first-order chi connectivity index (χ1) is 8.54. The van der Waals surface area contributed by atoms with E-state index in [-0.39, 0.29) is 36.2 Å². The van der Waals surface area contributed by atoms with Crippen LogP contribution in [0.2, 0.25) is 0 Å². The Hall–Kier alpha value is -1.47. The molecule has 0 radical (unpaired) electrons. The summed E-state index contributed by atoms with van der Waals surface area (Å²) in [5.41, 5.74) is 0.153. The van der Waals surface area contributed by atoms with E-state index >= 15 is 0 Å². The zero-order valence-corrected chi connectivity index (χ0v) is 11.0. The number of benzene rings is 1. The molecule has 1 atom stereocenters. The fraction of sp³-hybridized carbons (Fsp3) is 0.364. The van der Waals surface area contributed by atoms with Crippen molar-refractivity contribution in [2.75, 3.05) is 18.1 Å². The van der Waals surface area contributed by atoms with E-state index in [1.165, 1.54) is 4.90 Å². The third kappa shape index (κ3) is 2.23. The first-order valence-electron chi connectivity index (χ1n) is 5.38. The first kappa shape index (κ1) is 13.0. The van der Waals surface area contributed by atoms with E-state index in [0.717, 1.165) is 0 Å². The number of carbonyl (C=O) groups is 1. The number of carbonyl (C=O) groups excluding carboxylic acids is 1. The molecule has 1 aliphatic heterocycles. The van der Waals surface area contributed by atoms with Gasteiger partial charge in [0.15, 0.2) is 0 Å². The number of rotatable bonds is 3. The molecule has 6 nitrogen and oxygen atoms in total. The van der Waals surface area contributed by atoms with Crippen molar-refractivity contribution in [3.63, 3.8) is 0 Å². The zero-order valence-electron chi connectivity index (χ0n) is 9.38. The molecule has 1 aliphatic rings. The number of nitro groups is 1. The molecule has 0 spiro atoms. The molecule has 1 fully saturated rings. The van der Waals surface area contributed by atoms with Gasteiger partial charge in [-0.25, -0.2) is 0 Å². The highest BCUT2D eigenvalue weighted by atomic mass is 79.9. The maximum Gasteiger partial charge on any atom is 0.307 e. The smallest absolute Gasteiger partial charge is 0.307 e. The van der Waals surface area contributed by atoms with Crippen LogP contribution in [0.5, 0.6) is 0 Å². The maximum atomic E-state index is 11.8. The Morgan fingerprint density at radius 1 is 1.56 bits per heavy atom. The van der Waals surface area contributed by atoms with Crippen LogP contribution in [0.15, 0.2) is 22.7 Å². The summed E-state index contributed by atoms with van der Waals surface area (Å²) in [7, 11) is 0. The molecule has 2 rings (SSSR count). The number of nitrogens with zero attached hydrogens (tertiary/aromatic N) is 2. The molecule has 7 heteroatoms. The minimum absolute atomic E-state index is 0.0932. The maximum absolute atomic E-state index is 11.8. The molecule has 1 saturated heterocycles. The number of hydrogen-bond donors (Lipinski definition) is 1. The van der Waals surface area contributed by atoms with Crippen molar-refractivity contribution in [2.24, 2.45) is 5.92 Å². The van der Waals surface area contributed by atoms with Gasteiger partial charge in [-0.1, -0.05) is 6.07 Å². The largest absolute Gasteiger partial charge is 0.396 e. The number of amides is 1. The lowest BCUT2D eigenvalue weighted by Crippen LogP contribution is -2.25. The van der Waals surface area contributed by atoms with Gasteiger partial charge in [0, 0.05) is 25.5 Å². The Morgan fingerprint density at radius 3 is 2.83 bits per heavy atom. The lowest BCUT2D eigenvalue weighted by atomic mass is 10.1. The van der Waals surface area contributed by atoms with Gasteiger partial charge in [-0.2, -0.15) is 0 Å². The predicted molar refractivity (Wildman–Crippen MR) is 68.3 cm³/mol. The number of halogens is 1. The minimum Gasteiger partial charge on any atom is -0.396 e. The molecule has 1 aromatic carbocycles. The Kier molecular flexibility index (Phi) is 3.63. The molecular weight excluding hydrogens is 304 g/mol. The molecular formula is C11H11BrN2O4. The summed E-state index contributed by atoms with van der Waals surface area (Å²) in [6.45, 7) is 0.219. The highest BCUT2D eigenvalue weighted by Gasteiger charge is 2.34. The fourth-order valence-electron chi connectivity index (χ4n) is 2.04. The standard InChI is InChI=1S/C11H11BrN2O4/c12-8-2-1-3-9(11(8)14(17)18)13-5-7(6-15)4-10(13)16/h1-3,7,15H,4-6H2. The number of aliphatic hydroxyl groups is 1. The van der Waals surface area contributed by atoms with Gasteiger partial charge >= 0.3 is 5.69 Å². The average molecular weight is 315 g/mol. The van der Waals surface area contributed by atoms with Crippen LogP contribution in [0.4, 0.5) is 11.4 Å². The molecule has 0 bridgehead atoms. The Morgan fingerprint density at radius 2 is 2.28 bits per heavy atom. The third-order valence-electron chi connectivity index (χ3n) is 2.90. The van der Waals surface area contributed by atoms with Gasteiger partial charge in [0.1, 0.15) is 5.69 Å². The molecule has 0 saturated carbocycles. The van der Waals surface area contributed by atoms with E-state index in [9.17, 15) is 14.9 Å². The Labute approximate surface area is 111 Å². The van der Waals surface area contributed by atoms with Crippen molar-refractivity contribution in [3.05, 3.63) is 32.8 Å². The van der Waals surface area contributed by atoms with Crippen LogP contribution in [-0.2, 0) is 4.79 Å². The first-order valence-corrected chi connectivity index (χ1v) is 6.18. The van der Waals surface area contributed by atoms with Gasteiger partial charge in [-0.05, 0) is 28.1 Å². The monoisotopic (exact) mass is 314 g/mol. The molecule has 1 N–H and O–H groups in total. The van der Waals surface area contributed by atoms with E-state index in [1.807, 2.05) is 0 Å². The van der Waals surface area contributed by atoms with Crippen molar-refractivity contribution in [1.29, 1.82) is 0 Å². The van der Waals surface area contributed by atoms with Crippen LogP contribution >= 0.6 is 15.9 Å². The molecule has 1 heterocycles.